The van der Waals surface area contributed by atoms with Crippen molar-refractivity contribution in [1.82, 2.24) is 19.9 Å². The summed E-state index contributed by atoms with van der Waals surface area (Å²) < 4.78 is 6.50. The van der Waals surface area contributed by atoms with Gasteiger partial charge in [0.2, 0.25) is 5.95 Å². The summed E-state index contributed by atoms with van der Waals surface area (Å²) >= 11 is 1.52. The molecule has 1 atom stereocenters. The van der Waals surface area contributed by atoms with E-state index in [-0.39, 0.29) is 11.6 Å². The van der Waals surface area contributed by atoms with Gasteiger partial charge in [-0.3, -0.25) is 9.78 Å². The van der Waals surface area contributed by atoms with Crippen molar-refractivity contribution in [2.45, 2.75) is 12.5 Å². The van der Waals surface area contributed by atoms with Crippen molar-refractivity contribution < 1.29 is 4.74 Å². The summed E-state index contributed by atoms with van der Waals surface area (Å²) in [6, 6.07) is 8.21. The zero-order chi connectivity index (χ0) is 19.8. The first-order valence-corrected chi connectivity index (χ1v) is 10.8. The van der Waals surface area contributed by atoms with E-state index in [9.17, 15) is 4.79 Å². The lowest BCUT2D eigenvalue weighted by Gasteiger charge is -2.28. The number of thiazole rings is 1. The highest BCUT2D eigenvalue weighted by Gasteiger charge is 2.25. The summed E-state index contributed by atoms with van der Waals surface area (Å²) in [5, 5.41) is 4.24. The number of ether oxygens (including phenoxy) is 1. The summed E-state index contributed by atoms with van der Waals surface area (Å²) in [7, 11) is 2.11. The van der Waals surface area contributed by atoms with Crippen molar-refractivity contribution in [3.05, 3.63) is 34.6 Å². The Balaban J connectivity index is 1.58. The minimum atomic E-state index is -0.158. The van der Waals surface area contributed by atoms with Gasteiger partial charge in [0.05, 0.1) is 23.4 Å². The van der Waals surface area contributed by atoms with E-state index in [0.29, 0.717) is 35.6 Å². The van der Waals surface area contributed by atoms with Gasteiger partial charge in [-0.2, -0.15) is 4.98 Å². The first kappa shape index (κ1) is 18.5. The highest BCUT2D eigenvalue weighted by Crippen LogP contribution is 2.32. The van der Waals surface area contributed by atoms with Gasteiger partial charge in [-0.05, 0) is 32.1 Å². The number of aromatic nitrogens is 3. The average molecular weight is 413 g/mol. The van der Waals surface area contributed by atoms with Gasteiger partial charge in [-0.25, -0.2) is 4.98 Å². The maximum absolute atomic E-state index is 13.2. The Hall–Kier alpha value is -2.49. The Morgan fingerprint density at radius 1 is 1.21 bits per heavy atom. The van der Waals surface area contributed by atoms with Gasteiger partial charge in [0.25, 0.3) is 5.56 Å². The van der Waals surface area contributed by atoms with Crippen LogP contribution in [0.5, 0.6) is 0 Å². The molecule has 1 unspecified atom stereocenters. The molecule has 3 aromatic rings. The van der Waals surface area contributed by atoms with Crippen LogP contribution in [-0.2, 0) is 4.74 Å². The molecule has 1 aromatic carbocycles. The number of likely N-dealkylation sites (tertiary alicyclic amines) is 1. The fourth-order valence-corrected chi connectivity index (χ4v) is 4.92. The number of nitrogens with zero attached hydrogens (tertiary/aromatic N) is 4. The van der Waals surface area contributed by atoms with Gasteiger partial charge in [0.1, 0.15) is 16.4 Å². The number of rotatable bonds is 4. The normalized spacial score (nSPS) is 20.4. The van der Waals surface area contributed by atoms with Gasteiger partial charge in [-0.1, -0.05) is 12.1 Å². The molecular formula is C20H24N6O2S. The largest absolute Gasteiger partial charge is 0.378 e. The summed E-state index contributed by atoms with van der Waals surface area (Å²) in [4.78, 5) is 30.1. The van der Waals surface area contributed by atoms with E-state index in [0.717, 1.165) is 42.8 Å². The van der Waals surface area contributed by atoms with Gasteiger partial charge < -0.3 is 19.9 Å². The molecule has 152 valence electrons. The van der Waals surface area contributed by atoms with Gasteiger partial charge in [-0.15, -0.1) is 11.3 Å². The lowest BCUT2D eigenvalue weighted by molar-refractivity contribution is 0.122. The molecule has 2 N–H and O–H groups in total. The van der Waals surface area contributed by atoms with Crippen molar-refractivity contribution >= 4 is 33.3 Å². The van der Waals surface area contributed by atoms with Crippen molar-refractivity contribution in [2.75, 3.05) is 56.7 Å². The SMILES string of the molecule is CN1CCC(Nc2nc(N3CCOCC3)[nH]c(=O)c2-c2nc3ccccc3s2)C1. The van der Waals surface area contributed by atoms with Gasteiger partial charge in [0, 0.05) is 25.7 Å². The molecule has 0 spiro atoms. The molecular weight excluding hydrogens is 388 g/mol. The van der Waals surface area contributed by atoms with Crippen molar-refractivity contribution in [3.8, 4) is 10.6 Å². The number of hydrogen-bond donors (Lipinski definition) is 2. The zero-order valence-electron chi connectivity index (χ0n) is 16.4. The van der Waals surface area contributed by atoms with E-state index in [1.807, 2.05) is 24.3 Å². The Kier molecular flexibility index (Phi) is 4.94. The molecule has 2 aliphatic heterocycles. The predicted octanol–water partition coefficient (Wildman–Crippen LogP) is 2.00. The first-order valence-electron chi connectivity index (χ1n) is 9.95. The van der Waals surface area contributed by atoms with Crippen LogP contribution in [-0.4, -0.2) is 72.3 Å². The molecule has 2 aliphatic rings. The van der Waals surface area contributed by atoms with Crippen LogP contribution >= 0.6 is 11.3 Å². The number of likely N-dealkylation sites (N-methyl/N-ethyl adjacent to an activating group) is 1. The highest BCUT2D eigenvalue weighted by molar-refractivity contribution is 7.21. The first-order chi connectivity index (χ1) is 14.2. The smallest absolute Gasteiger partial charge is 0.264 e. The van der Waals surface area contributed by atoms with Crippen LogP contribution in [0.15, 0.2) is 29.1 Å². The van der Waals surface area contributed by atoms with Crippen LogP contribution in [0.3, 0.4) is 0 Å². The number of H-pyrrole nitrogens is 1. The molecule has 0 bridgehead atoms. The standard InChI is InChI=1S/C20H24N6O2S/c1-25-7-6-13(12-25)21-17-16(19-22-14-4-2-3-5-15(14)29-19)18(27)24-20(23-17)26-8-10-28-11-9-26/h2-5,13H,6-12H2,1H3,(H2,21,23,24,27). The third-order valence-electron chi connectivity index (χ3n) is 5.46. The number of aromatic amines is 1. The van der Waals surface area contributed by atoms with Crippen molar-refractivity contribution in [2.24, 2.45) is 0 Å². The second kappa shape index (κ2) is 7.74. The quantitative estimate of drug-likeness (QED) is 0.678. The number of morpholine rings is 1. The number of anilines is 2. The number of nitrogens with one attached hydrogen (secondary N) is 2. The molecule has 4 heterocycles. The van der Waals surface area contributed by atoms with Crippen LogP contribution in [0.2, 0.25) is 0 Å². The van der Waals surface area contributed by atoms with E-state index in [4.69, 9.17) is 14.7 Å². The van der Waals surface area contributed by atoms with Crippen molar-refractivity contribution in [3.63, 3.8) is 0 Å². The minimum absolute atomic E-state index is 0.158. The lowest BCUT2D eigenvalue weighted by atomic mass is 10.2. The Labute approximate surface area is 172 Å². The maximum Gasteiger partial charge on any atom is 0.264 e. The van der Waals surface area contributed by atoms with Crippen LogP contribution in [0.1, 0.15) is 6.42 Å². The molecule has 0 aliphatic carbocycles. The monoisotopic (exact) mass is 412 g/mol. The Morgan fingerprint density at radius 2 is 2.03 bits per heavy atom. The van der Waals surface area contributed by atoms with E-state index < -0.39 is 0 Å². The summed E-state index contributed by atoms with van der Waals surface area (Å²) in [5.41, 5.74) is 1.27. The third kappa shape index (κ3) is 3.73. The molecule has 0 radical (unpaired) electrons. The molecule has 2 fully saturated rings. The van der Waals surface area contributed by atoms with Crippen LogP contribution in [0, 0.1) is 0 Å². The molecule has 2 saturated heterocycles. The molecule has 9 heteroatoms. The molecule has 2 aromatic heterocycles. The minimum Gasteiger partial charge on any atom is -0.378 e. The molecule has 0 amide bonds. The number of hydrogen-bond acceptors (Lipinski definition) is 8. The van der Waals surface area contributed by atoms with E-state index >= 15 is 0 Å². The van der Waals surface area contributed by atoms with E-state index in [2.05, 4.69) is 27.1 Å². The highest BCUT2D eigenvalue weighted by atomic mass is 32.1. The second-order valence-electron chi connectivity index (χ2n) is 7.59. The number of fused-ring (bicyclic) bond motifs is 1. The molecule has 8 nitrogen and oxygen atoms in total. The van der Waals surface area contributed by atoms with Crippen LogP contribution < -0.4 is 15.8 Å². The van der Waals surface area contributed by atoms with Crippen molar-refractivity contribution in [1.29, 1.82) is 0 Å². The topological polar surface area (TPSA) is 86.4 Å². The fourth-order valence-electron chi connectivity index (χ4n) is 3.91. The van der Waals surface area contributed by atoms with Gasteiger partial charge >= 0.3 is 0 Å². The number of para-hydroxylation sites is 1. The molecule has 5 rings (SSSR count). The van der Waals surface area contributed by atoms with E-state index in [1.54, 1.807) is 0 Å². The zero-order valence-corrected chi connectivity index (χ0v) is 17.2. The summed E-state index contributed by atoms with van der Waals surface area (Å²) in [6.45, 7) is 4.68. The van der Waals surface area contributed by atoms with Gasteiger partial charge in [0.15, 0.2) is 0 Å². The lowest BCUT2D eigenvalue weighted by Crippen LogP contribution is -2.38. The maximum atomic E-state index is 13.2. The Bertz CT molecular complexity index is 1040. The molecule has 29 heavy (non-hydrogen) atoms. The average Bonchev–Trinajstić information content (AvgIpc) is 3.34. The summed E-state index contributed by atoms with van der Waals surface area (Å²) in [5.74, 6) is 1.21. The van der Waals surface area contributed by atoms with Crippen LogP contribution in [0.4, 0.5) is 11.8 Å². The summed E-state index contributed by atoms with van der Waals surface area (Å²) in [6.07, 6.45) is 1.02. The molecule has 0 saturated carbocycles. The third-order valence-corrected chi connectivity index (χ3v) is 6.51. The van der Waals surface area contributed by atoms with E-state index in [1.165, 1.54) is 11.3 Å². The number of benzene rings is 1. The predicted molar refractivity (Wildman–Crippen MR) is 116 cm³/mol. The fraction of sp³-hybridized carbons (Fsp3) is 0.450. The second-order valence-corrected chi connectivity index (χ2v) is 8.62. The Morgan fingerprint density at radius 3 is 2.79 bits per heavy atom. The van der Waals surface area contributed by atoms with Crippen LogP contribution in [0.25, 0.3) is 20.8 Å².